The van der Waals surface area contributed by atoms with Gasteiger partial charge >= 0.3 is 0 Å². The maximum Gasteiger partial charge on any atom is 0.137 e. The number of rotatable bonds is 9. The van der Waals surface area contributed by atoms with Crippen molar-refractivity contribution in [2.45, 2.75) is 150 Å². The van der Waals surface area contributed by atoms with Crippen LogP contribution in [0.15, 0.2) is 24.3 Å². The summed E-state index contributed by atoms with van der Waals surface area (Å²) in [5, 5.41) is 33.0. The lowest BCUT2D eigenvalue weighted by Crippen LogP contribution is -2.45. The summed E-state index contributed by atoms with van der Waals surface area (Å²) in [6, 6.07) is 9.09. The first kappa shape index (κ1) is 37.3. The minimum absolute atomic E-state index is 0.244. The summed E-state index contributed by atoms with van der Waals surface area (Å²) in [7, 11) is 0. The number of hydrogen-bond acceptors (Lipinski definition) is 4. The highest BCUT2D eigenvalue weighted by Crippen LogP contribution is 2.50. The highest BCUT2D eigenvalue weighted by Gasteiger charge is 2.46. The van der Waals surface area contributed by atoms with Crippen molar-refractivity contribution in [3.8, 4) is 5.75 Å². The molecule has 0 aliphatic rings. The van der Waals surface area contributed by atoms with Gasteiger partial charge in [-0.1, -0.05) is 135 Å². The number of benzene rings is 2. The summed E-state index contributed by atoms with van der Waals surface area (Å²) >= 11 is 0. The molecule has 0 saturated heterocycles. The van der Waals surface area contributed by atoms with Gasteiger partial charge in [0.05, 0.1) is 25.2 Å². The van der Waals surface area contributed by atoms with E-state index in [0.29, 0.717) is 11.8 Å². The van der Waals surface area contributed by atoms with Crippen molar-refractivity contribution < 1.29 is 20.1 Å². The largest absolute Gasteiger partial charge is 0.484 e. The van der Waals surface area contributed by atoms with Gasteiger partial charge in [-0.2, -0.15) is 0 Å². The molecule has 4 nitrogen and oxygen atoms in total. The second-order valence-electron chi connectivity index (χ2n) is 17.6. The van der Waals surface area contributed by atoms with Gasteiger partial charge in [0, 0.05) is 16.7 Å². The quantitative estimate of drug-likeness (QED) is 0.270. The first-order chi connectivity index (χ1) is 19.4. The highest BCUT2D eigenvalue weighted by molar-refractivity contribution is 5.54. The number of aliphatic hydroxyl groups is 3. The van der Waals surface area contributed by atoms with Crippen LogP contribution in [0.1, 0.15) is 168 Å². The molecule has 0 bridgehead atoms. The standard InChI is InChI=1S/C39H64O4/c1-24(2)26-17-28(35(5,6)7)32(29(18-26)36(8,9)10)34(39(21-40,22-41)23-42)43-33-30(37(11,12)13)19-27(25(3)4)20-31(33)38(14,15)16/h17-20,24-25,34,40-42H,21-23H2,1-16H3. The van der Waals surface area contributed by atoms with Gasteiger partial charge in [0.2, 0.25) is 0 Å². The van der Waals surface area contributed by atoms with Crippen LogP contribution in [0.3, 0.4) is 0 Å². The molecule has 0 saturated carbocycles. The van der Waals surface area contributed by atoms with E-state index in [9.17, 15) is 15.3 Å². The minimum atomic E-state index is -1.33. The van der Waals surface area contributed by atoms with E-state index in [-0.39, 0.29) is 21.7 Å². The number of ether oxygens (including phenoxy) is 1. The van der Waals surface area contributed by atoms with Gasteiger partial charge < -0.3 is 20.1 Å². The molecule has 0 radical (unpaired) electrons. The smallest absolute Gasteiger partial charge is 0.137 e. The third-order valence-electron chi connectivity index (χ3n) is 8.88. The maximum atomic E-state index is 11.0. The summed E-state index contributed by atoms with van der Waals surface area (Å²) < 4.78 is 7.38. The molecule has 0 heterocycles. The van der Waals surface area contributed by atoms with Crippen molar-refractivity contribution in [2.75, 3.05) is 19.8 Å². The van der Waals surface area contributed by atoms with Crippen molar-refractivity contribution in [1.29, 1.82) is 0 Å². The highest BCUT2D eigenvalue weighted by atomic mass is 16.5. The predicted molar refractivity (Wildman–Crippen MR) is 183 cm³/mol. The lowest BCUT2D eigenvalue weighted by molar-refractivity contribution is -0.0761. The molecule has 4 heteroatoms. The Hall–Kier alpha value is -1.88. The maximum absolute atomic E-state index is 11.0. The van der Waals surface area contributed by atoms with Crippen LogP contribution in [-0.4, -0.2) is 35.1 Å². The van der Waals surface area contributed by atoms with Gasteiger partial charge in [-0.15, -0.1) is 0 Å². The van der Waals surface area contributed by atoms with Gasteiger partial charge in [0.1, 0.15) is 11.9 Å². The Morgan fingerprint density at radius 1 is 0.512 bits per heavy atom. The van der Waals surface area contributed by atoms with Crippen LogP contribution in [0.5, 0.6) is 5.75 Å². The molecule has 2 rings (SSSR count). The van der Waals surface area contributed by atoms with E-state index >= 15 is 0 Å². The Morgan fingerprint density at radius 2 is 0.791 bits per heavy atom. The van der Waals surface area contributed by atoms with Crippen molar-refractivity contribution in [3.63, 3.8) is 0 Å². The van der Waals surface area contributed by atoms with Crippen LogP contribution < -0.4 is 4.74 Å². The van der Waals surface area contributed by atoms with Crippen LogP contribution >= 0.6 is 0 Å². The van der Waals surface area contributed by atoms with Crippen molar-refractivity contribution in [3.05, 3.63) is 63.2 Å². The predicted octanol–water partition coefficient (Wildman–Crippen LogP) is 9.21. The van der Waals surface area contributed by atoms with Crippen LogP contribution in [-0.2, 0) is 21.7 Å². The normalized spacial score (nSPS) is 14.5. The molecular weight excluding hydrogens is 532 g/mol. The van der Waals surface area contributed by atoms with Gasteiger partial charge in [-0.25, -0.2) is 0 Å². The lowest BCUT2D eigenvalue weighted by atomic mass is 9.68. The van der Waals surface area contributed by atoms with Crippen LogP contribution in [0, 0.1) is 5.41 Å². The van der Waals surface area contributed by atoms with E-state index in [1.807, 2.05) is 0 Å². The minimum Gasteiger partial charge on any atom is -0.484 e. The first-order valence-electron chi connectivity index (χ1n) is 16.2. The second kappa shape index (κ2) is 12.9. The molecule has 43 heavy (non-hydrogen) atoms. The summed E-state index contributed by atoms with van der Waals surface area (Å²) in [4.78, 5) is 0. The van der Waals surface area contributed by atoms with Crippen LogP contribution in [0.4, 0.5) is 0 Å². The van der Waals surface area contributed by atoms with E-state index in [1.54, 1.807) is 0 Å². The fourth-order valence-corrected chi connectivity index (χ4v) is 5.76. The zero-order valence-electron chi connectivity index (χ0n) is 30.4. The Morgan fingerprint density at radius 3 is 1.02 bits per heavy atom. The Labute approximate surface area is 264 Å². The molecule has 3 N–H and O–H groups in total. The zero-order valence-corrected chi connectivity index (χ0v) is 30.4. The van der Waals surface area contributed by atoms with Gasteiger partial charge in [0.15, 0.2) is 0 Å². The van der Waals surface area contributed by atoms with Crippen molar-refractivity contribution >= 4 is 0 Å². The summed E-state index contributed by atoms with van der Waals surface area (Å²) in [5.41, 5.74) is 5.49. The van der Waals surface area contributed by atoms with E-state index in [1.165, 1.54) is 11.1 Å². The topological polar surface area (TPSA) is 69.9 Å². The fraction of sp³-hybridized carbons (Fsp3) is 0.692. The molecule has 0 aliphatic carbocycles. The monoisotopic (exact) mass is 596 g/mol. The van der Waals surface area contributed by atoms with E-state index in [2.05, 4.69) is 135 Å². The first-order valence-corrected chi connectivity index (χ1v) is 16.2. The van der Waals surface area contributed by atoms with Crippen LogP contribution in [0.25, 0.3) is 0 Å². The molecule has 0 spiro atoms. The third-order valence-corrected chi connectivity index (χ3v) is 8.88. The van der Waals surface area contributed by atoms with Gasteiger partial charge in [-0.05, 0) is 55.7 Å². The third kappa shape index (κ3) is 8.05. The molecule has 0 amide bonds. The molecule has 2 aromatic carbocycles. The molecule has 1 atom stereocenters. The fourth-order valence-electron chi connectivity index (χ4n) is 5.76. The zero-order chi connectivity index (χ0) is 33.5. The molecule has 0 aliphatic heterocycles. The average molecular weight is 597 g/mol. The van der Waals surface area contributed by atoms with Crippen LogP contribution in [0.2, 0.25) is 0 Å². The Kier molecular flexibility index (Phi) is 11.2. The Balaban J connectivity index is 3.28. The Bertz CT molecular complexity index is 1160. The molecule has 2 aromatic rings. The molecular formula is C39H64O4. The summed E-state index contributed by atoms with van der Waals surface area (Å²) in [6.45, 7) is 34.0. The number of hydrogen-bond donors (Lipinski definition) is 3. The molecule has 0 fully saturated rings. The molecule has 0 aromatic heterocycles. The summed E-state index contributed by atoms with van der Waals surface area (Å²) in [6.07, 6.45) is -0.815. The summed E-state index contributed by atoms with van der Waals surface area (Å²) in [5.74, 6) is 1.43. The lowest BCUT2D eigenvalue weighted by Gasteiger charge is -2.44. The number of aliphatic hydroxyl groups excluding tert-OH is 3. The van der Waals surface area contributed by atoms with Gasteiger partial charge in [-0.3, -0.25) is 0 Å². The van der Waals surface area contributed by atoms with Crippen molar-refractivity contribution in [2.24, 2.45) is 5.41 Å². The van der Waals surface area contributed by atoms with E-state index in [0.717, 1.165) is 33.6 Å². The van der Waals surface area contributed by atoms with E-state index < -0.39 is 31.3 Å². The van der Waals surface area contributed by atoms with Crippen molar-refractivity contribution in [1.82, 2.24) is 0 Å². The SMILES string of the molecule is CC(C)c1cc(C(C)(C)C)c(OC(c2c(C(C)(C)C)cc(C(C)C)cc2C(C)(C)C)C(CO)(CO)CO)c(C(C)(C)C)c1. The van der Waals surface area contributed by atoms with Gasteiger partial charge in [0.25, 0.3) is 0 Å². The average Bonchev–Trinajstić information content (AvgIpc) is 2.85. The van der Waals surface area contributed by atoms with E-state index in [4.69, 9.17) is 4.74 Å². The molecule has 244 valence electrons. The second-order valence-corrected chi connectivity index (χ2v) is 17.6. The molecule has 1 unspecified atom stereocenters.